The number of hydrogen-bond acceptors (Lipinski definition) is 3. The van der Waals surface area contributed by atoms with Crippen LogP contribution in [0.4, 0.5) is 5.69 Å². The standard InChI is InChI=1S/C14H13BrN2OS/c1-9-7-14(16-8-13(9)15)19-12-5-3-11(4-6-12)17-10(2)18/h3-8H,1-2H3,(H,17,18). The fourth-order valence-electron chi connectivity index (χ4n) is 1.50. The molecule has 0 unspecified atom stereocenters. The normalized spacial score (nSPS) is 10.3. The van der Waals surface area contributed by atoms with Gasteiger partial charge in [-0.25, -0.2) is 4.98 Å². The molecule has 0 saturated heterocycles. The van der Waals surface area contributed by atoms with Gasteiger partial charge in [-0.1, -0.05) is 11.8 Å². The Morgan fingerprint density at radius 2 is 2.00 bits per heavy atom. The first-order valence-electron chi connectivity index (χ1n) is 5.72. The van der Waals surface area contributed by atoms with Gasteiger partial charge in [0.2, 0.25) is 5.91 Å². The largest absolute Gasteiger partial charge is 0.326 e. The molecule has 0 radical (unpaired) electrons. The molecule has 1 heterocycles. The third kappa shape index (κ3) is 4.08. The SMILES string of the molecule is CC(=O)Nc1ccc(Sc2cc(C)c(Br)cn2)cc1. The van der Waals surface area contributed by atoms with E-state index in [0.29, 0.717) is 0 Å². The summed E-state index contributed by atoms with van der Waals surface area (Å²) in [6.07, 6.45) is 1.81. The zero-order valence-electron chi connectivity index (χ0n) is 10.6. The molecule has 0 atom stereocenters. The van der Waals surface area contributed by atoms with E-state index in [2.05, 4.69) is 26.2 Å². The lowest BCUT2D eigenvalue weighted by Gasteiger charge is -2.05. The van der Waals surface area contributed by atoms with Crippen molar-refractivity contribution in [1.29, 1.82) is 0 Å². The van der Waals surface area contributed by atoms with Crippen LogP contribution in [0.1, 0.15) is 12.5 Å². The van der Waals surface area contributed by atoms with Crippen molar-refractivity contribution in [2.75, 3.05) is 5.32 Å². The van der Waals surface area contributed by atoms with Gasteiger partial charge in [0.1, 0.15) is 5.03 Å². The van der Waals surface area contributed by atoms with E-state index in [4.69, 9.17) is 0 Å². The molecule has 1 aromatic carbocycles. The predicted octanol–water partition coefficient (Wildman–Crippen LogP) is 4.26. The number of hydrogen-bond donors (Lipinski definition) is 1. The molecule has 1 aromatic heterocycles. The first-order valence-corrected chi connectivity index (χ1v) is 7.33. The Labute approximate surface area is 125 Å². The number of pyridine rings is 1. The molecule has 0 bridgehead atoms. The van der Waals surface area contributed by atoms with Crippen molar-refractivity contribution in [2.24, 2.45) is 0 Å². The molecule has 1 N–H and O–H groups in total. The molecular weight excluding hydrogens is 324 g/mol. The molecule has 19 heavy (non-hydrogen) atoms. The summed E-state index contributed by atoms with van der Waals surface area (Å²) in [5.41, 5.74) is 1.96. The summed E-state index contributed by atoms with van der Waals surface area (Å²) >= 11 is 5.03. The van der Waals surface area contributed by atoms with Crippen molar-refractivity contribution in [3.8, 4) is 0 Å². The summed E-state index contributed by atoms with van der Waals surface area (Å²) in [6, 6.07) is 9.74. The molecule has 3 nitrogen and oxygen atoms in total. The highest BCUT2D eigenvalue weighted by Crippen LogP contribution is 2.29. The van der Waals surface area contributed by atoms with E-state index in [1.165, 1.54) is 6.92 Å². The highest BCUT2D eigenvalue weighted by molar-refractivity contribution is 9.10. The number of halogens is 1. The molecule has 1 amide bonds. The Morgan fingerprint density at radius 1 is 1.32 bits per heavy atom. The second kappa shape index (κ2) is 6.21. The average Bonchev–Trinajstić information content (AvgIpc) is 2.36. The van der Waals surface area contributed by atoms with Gasteiger partial charge in [0.15, 0.2) is 0 Å². The molecule has 2 rings (SSSR count). The average molecular weight is 337 g/mol. The van der Waals surface area contributed by atoms with E-state index in [1.54, 1.807) is 11.8 Å². The van der Waals surface area contributed by atoms with E-state index < -0.39 is 0 Å². The third-order valence-corrected chi connectivity index (χ3v) is 4.19. The summed E-state index contributed by atoms with van der Waals surface area (Å²) in [5.74, 6) is -0.0643. The van der Waals surface area contributed by atoms with Crippen LogP contribution in [0.3, 0.4) is 0 Å². The molecule has 0 spiro atoms. The Kier molecular flexibility index (Phi) is 4.61. The van der Waals surface area contributed by atoms with Crippen LogP contribution in [0.15, 0.2) is 50.9 Å². The van der Waals surface area contributed by atoms with Crippen LogP contribution in [-0.4, -0.2) is 10.9 Å². The number of nitrogens with zero attached hydrogens (tertiary/aromatic N) is 1. The number of aromatic nitrogens is 1. The Morgan fingerprint density at radius 3 is 2.58 bits per heavy atom. The summed E-state index contributed by atoms with van der Waals surface area (Å²) < 4.78 is 1.01. The maximum atomic E-state index is 10.9. The highest BCUT2D eigenvalue weighted by atomic mass is 79.9. The summed E-state index contributed by atoms with van der Waals surface area (Å²) in [5, 5.41) is 3.69. The zero-order chi connectivity index (χ0) is 13.8. The second-order valence-electron chi connectivity index (χ2n) is 4.08. The lowest BCUT2D eigenvalue weighted by Crippen LogP contribution is -2.05. The number of carbonyl (C=O) groups is 1. The number of anilines is 1. The van der Waals surface area contributed by atoms with Crippen molar-refractivity contribution in [1.82, 2.24) is 4.98 Å². The van der Waals surface area contributed by atoms with Gasteiger partial charge in [0, 0.05) is 28.2 Å². The number of carbonyl (C=O) groups excluding carboxylic acids is 1. The lowest BCUT2D eigenvalue weighted by atomic mass is 10.3. The van der Waals surface area contributed by atoms with Crippen LogP contribution in [0.2, 0.25) is 0 Å². The number of rotatable bonds is 3. The first-order chi connectivity index (χ1) is 9.04. The maximum Gasteiger partial charge on any atom is 0.221 e. The Balaban J connectivity index is 2.10. The minimum atomic E-state index is -0.0643. The van der Waals surface area contributed by atoms with Gasteiger partial charge in [-0.2, -0.15) is 0 Å². The number of benzene rings is 1. The number of aryl methyl sites for hydroxylation is 1. The third-order valence-electron chi connectivity index (χ3n) is 2.42. The van der Waals surface area contributed by atoms with Crippen molar-refractivity contribution in [3.05, 3.63) is 46.6 Å². The summed E-state index contributed by atoms with van der Waals surface area (Å²) in [6.45, 7) is 3.53. The van der Waals surface area contributed by atoms with E-state index in [1.807, 2.05) is 43.5 Å². The summed E-state index contributed by atoms with van der Waals surface area (Å²) in [7, 11) is 0. The Hall–Kier alpha value is -1.33. The van der Waals surface area contributed by atoms with Gasteiger partial charge in [-0.05, 0) is 58.7 Å². The number of amides is 1. The fraction of sp³-hybridized carbons (Fsp3) is 0.143. The molecule has 98 valence electrons. The van der Waals surface area contributed by atoms with Crippen LogP contribution >= 0.6 is 27.7 Å². The minimum absolute atomic E-state index is 0.0643. The maximum absolute atomic E-state index is 10.9. The Bertz CT molecular complexity index is 599. The topological polar surface area (TPSA) is 42.0 Å². The molecule has 5 heteroatoms. The monoisotopic (exact) mass is 336 g/mol. The van der Waals surface area contributed by atoms with Crippen LogP contribution in [0, 0.1) is 6.92 Å². The van der Waals surface area contributed by atoms with Crippen molar-refractivity contribution >= 4 is 39.3 Å². The van der Waals surface area contributed by atoms with E-state index in [-0.39, 0.29) is 5.91 Å². The molecule has 2 aromatic rings. The first kappa shape index (κ1) is 14.1. The van der Waals surface area contributed by atoms with Crippen LogP contribution in [0.5, 0.6) is 0 Å². The number of nitrogens with one attached hydrogen (secondary N) is 1. The van der Waals surface area contributed by atoms with Crippen LogP contribution < -0.4 is 5.32 Å². The molecule has 0 aliphatic carbocycles. The van der Waals surface area contributed by atoms with E-state index in [0.717, 1.165) is 25.6 Å². The van der Waals surface area contributed by atoms with Gasteiger partial charge < -0.3 is 5.32 Å². The van der Waals surface area contributed by atoms with Crippen molar-refractivity contribution < 1.29 is 4.79 Å². The lowest BCUT2D eigenvalue weighted by molar-refractivity contribution is -0.114. The van der Waals surface area contributed by atoms with Crippen LogP contribution in [0.25, 0.3) is 0 Å². The van der Waals surface area contributed by atoms with Crippen LogP contribution in [-0.2, 0) is 4.79 Å². The van der Waals surface area contributed by atoms with Gasteiger partial charge in [-0.15, -0.1) is 0 Å². The van der Waals surface area contributed by atoms with E-state index in [9.17, 15) is 4.79 Å². The van der Waals surface area contributed by atoms with Gasteiger partial charge in [-0.3, -0.25) is 4.79 Å². The van der Waals surface area contributed by atoms with Gasteiger partial charge in [0.25, 0.3) is 0 Å². The van der Waals surface area contributed by atoms with Crippen molar-refractivity contribution in [2.45, 2.75) is 23.8 Å². The molecule has 0 fully saturated rings. The molecule has 0 saturated carbocycles. The minimum Gasteiger partial charge on any atom is -0.326 e. The van der Waals surface area contributed by atoms with Crippen molar-refractivity contribution in [3.63, 3.8) is 0 Å². The molecular formula is C14H13BrN2OS. The zero-order valence-corrected chi connectivity index (χ0v) is 13.0. The molecule has 0 aliphatic rings. The smallest absolute Gasteiger partial charge is 0.221 e. The molecule has 0 aliphatic heterocycles. The van der Waals surface area contributed by atoms with Gasteiger partial charge >= 0.3 is 0 Å². The van der Waals surface area contributed by atoms with E-state index >= 15 is 0 Å². The predicted molar refractivity (Wildman–Crippen MR) is 81.5 cm³/mol. The second-order valence-corrected chi connectivity index (χ2v) is 6.03. The quantitative estimate of drug-likeness (QED) is 0.910. The summed E-state index contributed by atoms with van der Waals surface area (Å²) in [4.78, 5) is 16.4. The van der Waals surface area contributed by atoms with Gasteiger partial charge in [0.05, 0.1) is 0 Å². The highest BCUT2D eigenvalue weighted by Gasteiger charge is 2.02. The fourth-order valence-corrected chi connectivity index (χ4v) is 2.57.